The first kappa shape index (κ1) is 13.6. The molecule has 0 amide bonds. The smallest absolute Gasteiger partial charge is 0.0833 e. The summed E-state index contributed by atoms with van der Waals surface area (Å²) in [6.07, 6.45) is 3.32. The number of benzene rings is 1. The summed E-state index contributed by atoms with van der Waals surface area (Å²) >= 11 is 1.83. The molecule has 0 spiro atoms. The number of rotatable bonds is 7. The van der Waals surface area contributed by atoms with Crippen molar-refractivity contribution < 1.29 is 4.74 Å². The van der Waals surface area contributed by atoms with Crippen molar-refractivity contribution in [2.45, 2.75) is 24.8 Å². The second kappa shape index (κ2) is 7.71. The van der Waals surface area contributed by atoms with E-state index >= 15 is 0 Å². The lowest BCUT2D eigenvalue weighted by molar-refractivity contribution is 0.0956. The SMILES string of the molecule is COC(CCNC(C)SC)c1ccccc1. The van der Waals surface area contributed by atoms with Crippen molar-refractivity contribution in [3.8, 4) is 0 Å². The van der Waals surface area contributed by atoms with E-state index in [0.717, 1.165) is 13.0 Å². The van der Waals surface area contributed by atoms with Crippen LogP contribution in [0.3, 0.4) is 0 Å². The Bertz CT molecular complexity index is 279. The van der Waals surface area contributed by atoms with Crippen LogP contribution in [0.25, 0.3) is 0 Å². The molecule has 0 fully saturated rings. The molecule has 0 aliphatic heterocycles. The molecule has 0 saturated carbocycles. The van der Waals surface area contributed by atoms with Crippen LogP contribution in [0.2, 0.25) is 0 Å². The number of ether oxygens (including phenoxy) is 1. The summed E-state index contributed by atoms with van der Waals surface area (Å²) in [7, 11) is 1.77. The van der Waals surface area contributed by atoms with Crippen molar-refractivity contribution in [2.24, 2.45) is 0 Å². The second-order valence-electron chi connectivity index (χ2n) is 3.76. The number of thioether (sulfide) groups is 1. The van der Waals surface area contributed by atoms with Gasteiger partial charge in [-0.05, 0) is 31.7 Å². The van der Waals surface area contributed by atoms with Gasteiger partial charge in [-0.25, -0.2) is 0 Å². The summed E-state index contributed by atoms with van der Waals surface area (Å²) < 4.78 is 5.51. The van der Waals surface area contributed by atoms with Crippen molar-refractivity contribution >= 4 is 11.8 Å². The lowest BCUT2D eigenvalue weighted by Gasteiger charge is -2.17. The molecule has 0 heterocycles. The number of hydrogen-bond donors (Lipinski definition) is 1. The van der Waals surface area contributed by atoms with Crippen LogP contribution in [0.5, 0.6) is 0 Å². The minimum atomic E-state index is 0.197. The van der Waals surface area contributed by atoms with Crippen LogP contribution >= 0.6 is 11.8 Å². The zero-order valence-corrected chi connectivity index (χ0v) is 11.1. The average molecular weight is 239 g/mol. The Morgan fingerprint density at radius 1 is 1.31 bits per heavy atom. The van der Waals surface area contributed by atoms with E-state index in [4.69, 9.17) is 4.74 Å². The minimum absolute atomic E-state index is 0.197. The molecule has 0 saturated heterocycles. The maximum Gasteiger partial charge on any atom is 0.0833 e. The molecule has 90 valence electrons. The molecule has 0 aromatic heterocycles. The summed E-state index contributed by atoms with van der Waals surface area (Å²) in [5.74, 6) is 0. The van der Waals surface area contributed by atoms with Gasteiger partial charge in [0.05, 0.1) is 11.5 Å². The number of hydrogen-bond acceptors (Lipinski definition) is 3. The van der Waals surface area contributed by atoms with Crippen molar-refractivity contribution in [3.63, 3.8) is 0 Å². The molecule has 1 rings (SSSR count). The average Bonchev–Trinajstić information content (AvgIpc) is 2.35. The first-order valence-electron chi connectivity index (χ1n) is 5.62. The van der Waals surface area contributed by atoms with E-state index in [1.165, 1.54) is 5.56 Å². The van der Waals surface area contributed by atoms with E-state index in [1.807, 2.05) is 17.8 Å². The maximum atomic E-state index is 5.51. The van der Waals surface area contributed by atoms with Gasteiger partial charge in [-0.1, -0.05) is 30.3 Å². The Kier molecular flexibility index (Phi) is 6.53. The molecule has 1 N–H and O–H groups in total. The molecule has 0 bridgehead atoms. The van der Waals surface area contributed by atoms with Crippen molar-refractivity contribution in [2.75, 3.05) is 19.9 Å². The normalized spacial score (nSPS) is 14.7. The van der Waals surface area contributed by atoms with E-state index in [9.17, 15) is 0 Å². The third-order valence-corrected chi connectivity index (χ3v) is 3.52. The van der Waals surface area contributed by atoms with Gasteiger partial charge in [0.1, 0.15) is 0 Å². The van der Waals surface area contributed by atoms with Gasteiger partial charge in [-0.2, -0.15) is 0 Å². The van der Waals surface area contributed by atoms with Gasteiger partial charge < -0.3 is 10.1 Å². The lowest BCUT2D eigenvalue weighted by atomic mass is 10.1. The van der Waals surface area contributed by atoms with Crippen LogP contribution in [0.4, 0.5) is 0 Å². The summed E-state index contributed by atoms with van der Waals surface area (Å²) in [6.45, 7) is 3.16. The first-order chi connectivity index (χ1) is 7.77. The van der Waals surface area contributed by atoms with Crippen LogP contribution in [0, 0.1) is 0 Å². The molecule has 16 heavy (non-hydrogen) atoms. The molecule has 2 nitrogen and oxygen atoms in total. The third kappa shape index (κ3) is 4.56. The molecule has 2 atom stereocenters. The van der Waals surface area contributed by atoms with Crippen LogP contribution in [0.1, 0.15) is 25.0 Å². The molecule has 0 aliphatic rings. The number of methoxy groups -OCH3 is 1. The molecular weight excluding hydrogens is 218 g/mol. The highest BCUT2D eigenvalue weighted by Crippen LogP contribution is 2.19. The summed E-state index contributed by atoms with van der Waals surface area (Å²) in [5.41, 5.74) is 1.25. The topological polar surface area (TPSA) is 21.3 Å². The van der Waals surface area contributed by atoms with Crippen LogP contribution in [-0.4, -0.2) is 25.3 Å². The highest BCUT2D eigenvalue weighted by atomic mass is 32.2. The van der Waals surface area contributed by atoms with E-state index in [-0.39, 0.29) is 6.10 Å². The first-order valence-corrected chi connectivity index (χ1v) is 6.90. The zero-order chi connectivity index (χ0) is 11.8. The molecular formula is C13H21NOS. The van der Waals surface area contributed by atoms with E-state index in [1.54, 1.807) is 7.11 Å². The Hall–Kier alpha value is -0.510. The molecule has 0 radical (unpaired) electrons. The van der Waals surface area contributed by atoms with Crippen molar-refractivity contribution in [1.82, 2.24) is 5.32 Å². The molecule has 1 aromatic rings. The fourth-order valence-electron chi connectivity index (χ4n) is 1.59. The van der Waals surface area contributed by atoms with Crippen LogP contribution in [-0.2, 0) is 4.74 Å². The van der Waals surface area contributed by atoms with Gasteiger partial charge >= 0.3 is 0 Å². The standard InChI is InChI=1S/C13H21NOS/c1-11(16-3)14-10-9-13(15-2)12-7-5-4-6-8-12/h4-8,11,13-14H,9-10H2,1-3H3. The monoisotopic (exact) mass is 239 g/mol. The highest BCUT2D eigenvalue weighted by molar-refractivity contribution is 7.99. The summed E-state index contributed by atoms with van der Waals surface area (Å²) in [4.78, 5) is 0. The van der Waals surface area contributed by atoms with E-state index < -0.39 is 0 Å². The highest BCUT2D eigenvalue weighted by Gasteiger charge is 2.09. The Morgan fingerprint density at radius 3 is 2.56 bits per heavy atom. The van der Waals surface area contributed by atoms with Crippen LogP contribution in [0.15, 0.2) is 30.3 Å². The van der Waals surface area contributed by atoms with Crippen molar-refractivity contribution in [1.29, 1.82) is 0 Å². The van der Waals surface area contributed by atoms with Gasteiger partial charge in [0, 0.05) is 7.11 Å². The molecule has 2 unspecified atom stereocenters. The Labute approximate surface area is 103 Å². The molecule has 3 heteroatoms. The second-order valence-corrected chi connectivity index (χ2v) is 4.93. The van der Waals surface area contributed by atoms with Gasteiger partial charge in [-0.3, -0.25) is 0 Å². The summed E-state index contributed by atoms with van der Waals surface area (Å²) in [5, 5.41) is 3.96. The van der Waals surface area contributed by atoms with Gasteiger partial charge in [0.15, 0.2) is 0 Å². The largest absolute Gasteiger partial charge is 0.377 e. The lowest BCUT2D eigenvalue weighted by Crippen LogP contribution is -2.25. The quantitative estimate of drug-likeness (QED) is 0.739. The molecule has 0 aliphatic carbocycles. The molecule has 1 aromatic carbocycles. The van der Waals surface area contributed by atoms with Gasteiger partial charge in [-0.15, -0.1) is 11.8 Å². The Morgan fingerprint density at radius 2 is 2.00 bits per heavy atom. The van der Waals surface area contributed by atoms with E-state index in [2.05, 4.69) is 42.8 Å². The maximum absolute atomic E-state index is 5.51. The van der Waals surface area contributed by atoms with Crippen LogP contribution < -0.4 is 5.32 Å². The minimum Gasteiger partial charge on any atom is -0.377 e. The summed E-state index contributed by atoms with van der Waals surface area (Å²) in [6, 6.07) is 10.4. The predicted molar refractivity (Wildman–Crippen MR) is 71.8 cm³/mol. The van der Waals surface area contributed by atoms with E-state index in [0.29, 0.717) is 5.37 Å². The van der Waals surface area contributed by atoms with Gasteiger partial charge in [0.2, 0.25) is 0 Å². The zero-order valence-electron chi connectivity index (χ0n) is 10.3. The van der Waals surface area contributed by atoms with Crippen molar-refractivity contribution in [3.05, 3.63) is 35.9 Å². The fourth-order valence-corrected chi connectivity index (χ4v) is 1.87. The van der Waals surface area contributed by atoms with Gasteiger partial charge in [0.25, 0.3) is 0 Å². The predicted octanol–water partition coefficient (Wildman–Crippen LogP) is 3.06. The Balaban J connectivity index is 2.38. The number of nitrogens with one attached hydrogen (secondary N) is 1. The fraction of sp³-hybridized carbons (Fsp3) is 0.538. The third-order valence-electron chi connectivity index (χ3n) is 2.65.